The van der Waals surface area contributed by atoms with Gasteiger partial charge in [0.15, 0.2) is 0 Å². The number of nitrogens with one attached hydrogen (secondary N) is 1. The second kappa shape index (κ2) is 12.6. The van der Waals surface area contributed by atoms with E-state index in [-0.39, 0.29) is 6.61 Å². The lowest BCUT2D eigenvalue weighted by molar-refractivity contribution is 0.108. The number of aliphatic hydroxyl groups excluding tert-OH is 1. The molecule has 0 unspecified atom stereocenters. The van der Waals surface area contributed by atoms with Crippen molar-refractivity contribution in [3.63, 3.8) is 0 Å². The molecule has 1 atom stereocenters. The van der Waals surface area contributed by atoms with Gasteiger partial charge in [0.2, 0.25) is 0 Å². The van der Waals surface area contributed by atoms with Gasteiger partial charge in [-0.1, -0.05) is 11.6 Å². The fourth-order valence-electron chi connectivity index (χ4n) is 3.60. The van der Waals surface area contributed by atoms with E-state index >= 15 is 0 Å². The van der Waals surface area contributed by atoms with Crippen LogP contribution in [0, 0.1) is 0 Å². The molecule has 0 aliphatic heterocycles. The van der Waals surface area contributed by atoms with Gasteiger partial charge in [0.05, 0.1) is 5.69 Å². The van der Waals surface area contributed by atoms with E-state index in [1.54, 1.807) is 19.2 Å². The van der Waals surface area contributed by atoms with Crippen molar-refractivity contribution in [1.29, 1.82) is 0 Å². The first-order valence-electron chi connectivity index (χ1n) is 11.8. The van der Waals surface area contributed by atoms with Gasteiger partial charge in [0, 0.05) is 35.6 Å². The zero-order chi connectivity index (χ0) is 25.3. The summed E-state index contributed by atoms with van der Waals surface area (Å²) in [5.41, 5.74) is 2.73. The Morgan fingerprint density at radius 1 is 0.944 bits per heavy atom. The fourth-order valence-corrected chi connectivity index (χ4v) is 3.72. The average molecular weight is 508 g/mol. The third-order valence-corrected chi connectivity index (χ3v) is 5.66. The summed E-state index contributed by atoms with van der Waals surface area (Å²) < 4.78 is 19.3. The van der Waals surface area contributed by atoms with Crippen molar-refractivity contribution in [3.05, 3.63) is 89.8 Å². The number of hydrogen-bond acceptors (Lipinski definition) is 6. The van der Waals surface area contributed by atoms with Gasteiger partial charge >= 0.3 is 0 Å². The standard InChI is InChI=1S/C28H30ClN3O4/c1-3-34-19-28-31-27(20-4-10-24(11-5-20)35-18-23(33)16-30-2)17-32(28)22-8-14-26(15-9-22)36-25-12-6-21(29)7-13-25/h4-15,17,23,30,33H,3,16,18-19H2,1-2H3/t23-/m1/s1. The van der Waals surface area contributed by atoms with Crippen LogP contribution in [-0.2, 0) is 11.3 Å². The summed E-state index contributed by atoms with van der Waals surface area (Å²) in [5.74, 6) is 2.94. The number of aliphatic hydroxyl groups is 1. The summed E-state index contributed by atoms with van der Waals surface area (Å²) in [4.78, 5) is 4.83. The fraction of sp³-hybridized carbons (Fsp3) is 0.250. The van der Waals surface area contributed by atoms with Gasteiger partial charge < -0.3 is 29.2 Å². The summed E-state index contributed by atoms with van der Waals surface area (Å²) in [5, 5.41) is 13.4. The maximum absolute atomic E-state index is 9.83. The molecule has 0 fully saturated rings. The Balaban J connectivity index is 1.51. The molecule has 4 rings (SSSR count). The first-order valence-corrected chi connectivity index (χ1v) is 12.2. The molecule has 0 aliphatic rings. The number of likely N-dealkylation sites (N-methyl/N-ethyl adjacent to an activating group) is 1. The molecule has 0 saturated heterocycles. The Bertz CT molecular complexity index is 1230. The van der Waals surface area contributed by atoms with Crippen LogP contribution in [0.15, 0.2) is 79.0 Å². The van der Waals surface area contributed by atoms with Crippen LogP contribution in [0.3, 0.4) is 0 Å². The molecule has 36 heavy (non-hydrogen) atoms. The number of halogens is 1. The Labute approximate surface area is 216 Å². The highest BCUT2D eigenvalue weighted by molar-refractivity contribution is 6.30. The van der Waals surface area contributed by atoms with Crippen LogP contribution < -0.4 is 14.8 Å². The largest absolute Gasteiger partial charge is 0.491 e. The molecule has 0 aliphatic carbocycles. The van der Waals surface area contributed by atoms with Gasteiger partial charge in [0.25, 0.3) is 0 Å². The molecule has 2 N–H and O–H groups in total. The molecule has 8 heteroatoms. The van der Waals surface area contributed by atoms with Gasteiger partial charge in [-0.2, -0.15) is 0 Å². The van der Waals surface area contributed by atoms with Crippen molar-refractivity contribution >= 4 is 11.6 Å². The first-order chi connectivity index (χ1) is 17.6. The molecule has 0 radical (unpaired) electrons. The van der Waals surface area contributed by atoms with Crippen LogP contribution in [0.25, 0.3) is 16.9 Å². The maximum atomic E-state index is 9.83. The predicted molar refractivity (Wildman–Crippen MR) is 141 cm³/mol. The Morgan fingerprint density at radius 2 is 1.58 bits per heavy atom. The Morgan fingerprint density at radius 3 is 2.22 bits per heavy atom. The van der Waals surface area contributed by atoms with Gasteiger partial charge in [-0.15, -0.1) is 0 Å². The molecule has 7 nitrogen and oxygen atoms in total. The van der Waals surface area contributed by atoms with Crippen molar-refractivity contribution in [2.75, 3.05) is 26.8 Å². The minimum absolute atomic E-state index is 0.227. The zero-order valence-corrected chi connectivity index (χ0v) is 21.1. The number of nitrogens with zero attached hydrogens (tertiary/aromatic N) is 2. The SMILES string of the molecule is CCOCc1nc(-c2ccc(OC[C@H](O)CNC)cc2)cn1-c1ccc(Oc2ccc(Cl)cc2)cc1. The minimum Gasteiger partial charge on any atom is -0.491 e. The van der Waals surface area contributed by atoms with Crippen LogP contribution in [0.1, 0.15) is 12.7 Å². The quantitative estimate of drug-likeness (QED) is 0.264. The van der Waals surface area contributed by atoms with E-state index in [4.69, 9.17) is 30.8 Å². The van der Waals surface area contributed by atoms with E-state index in [1.807, 2.05) is 78.4 Å². The second-order valence-electron chi connectivity index (χ2n) is 8.15. The maximum Gasteiger partial charge on any atom is 0.140 e. The lowest BCUT2D eigenvalue weighted by Gasteiger charge is -2.11. The lowest BCUT2D eigenvalue weighted by Crippen LogP contribution is -2.29. The summed E-state index contributed by atoms with van der Waals surface area (Å²) >= 11 is 5.95. The number of rotatable bonds is 12. The molecule has 1 heterocycles. The molecule has 0 saturated carbocycles. The van der Waals surface area contributed by atoms with Crippen LogP contribution in [0.5, 0.6) is 17.2 Å². The van der Waals surface area contributed by atoms with Gasteiger partial charge in [0.1, 0.15) is 42.4 Å². The number of hydrogen-bond donors (Lipinski definition) is 2. The summed E-state index contributed by atoms with van der Waals surface area (Å²) in [6.07, 6.45) is 1.44. The Hall–Kier alpha value is -3.36. The van der Waals surface area contributed by atoms with Gasteiger partial charge in [-0.25, -0.2) is 4.98 Å². The lowest BCUT2D eigenvalue weighted by atomic mass is 10.1. The molecule has 1 aromatic heterocycles. The third kappa shape index (κ3) is 6.86. The summed E-state index contributed by atoms with van der Waals surface area (Å²) in [6, 6.07) is 22.7. The highest BCUT2D eigenvalue weighted by Gasteiger charge is 2.13. The van der Waals surface area contributed by atoms with Crippen LogP contribution in [0.2, 0.25) is 5.02 Å². The van der Waals surface area contributed by atoms with Crippen molar-refractivity contribution in [2.45, 2.75) is 19.6 Å². The highest BCUT2D eigenvalue weighted by atomic mass is 35.5. The van der Waals surface area contributed by atoms with Crippen molar-refractivity contribution < 1.29 is 19.3 Å². The normalized spacial score (nSPS) is 11.9. The summed E-state index contributed by atoms with van der Waals surface area (Å²) in [6.45, 7) is 3.66. The topological polar surface area (TPSA) is 77.8 Å². The molecule has 3 aromatic carbocycles. The monoisotopic (exact) mass is 507 g/mol. The zero-order valence-electron chi connectivity index (χ0n) is 20.4. The van der Waals surface area contributed by atoms with Crippen LogP contribution >= 0.6 is 11.6 Å². The van der Waals surface area contributed by atoms with Crippen molar-refractivity contribution in [3.8, 4) is 34.2 Å². The van der Waals surface area contributed by atoms with Gasteiger partial charge in [-0.05, 0) is 86.8 Å². The van der Waals surface area contributed by atoms with Crippen LogP contribution in [0.4, 0.5) is 0 Å². The number of imidazole rings is 1. The number of ether oxygens (including phenoxy) is 3. The average Bonchev–Trinajstić information content (AvgIpc) is 3.33. The van der Waals surface area contributed by atoms with E-state index < -0.39 is 6.10 Å². The van der Waals surface area contributed by atoms with E-state index in [1.165, 1.54) is 0 Å². The molecule has 0 bridgehead atoms. The number of aromatic nitrogens is 2. The van der Waals surface area contributed by atoms with E-state index in [2.05, 4.69) is 5.32 Å². The third-order valence-electron chi connectivity index (χ3n) is 5.41. The first kappa shape index (κ1) is 25.7. The minimum atomic E-state index is -0.561. The summed E-state index contributed by atoms with van der Waals surface area (Å²) in [7, 11) is 1.79. The smallest absolute Gasteiger partial charge is 0.140 e. The molecular weight excluding hydrogens is 478 g/mol. The molecule has 188 valence electrons. The number of benzene rings is 3. The molecular formula is C28H30ClN3O4. The van der Waals surface area contributed by atoms with E-state index in [0.717, 1.165) is 34.3 Å². The van der Waals surface area contributed by atoms with E-state index in [0.29, 0.717) is 30.5 Å². The molecule has 4 aromatic rings. The Kier molecular flexibility index (Phi) is 8.97. The molecule has 0 amide bonds. The van der Waals surface area contributed by atoms with Crippen molar-refractivity contribution in [1.82, 2.24) is 14.9 Å². The van der Waals surface area contributed by atoms with E-state index in [9.17, 15) is 5.11 Å². The van der Waals surface area contributed by atoms with Crippen molar-refractivity contribution in [2.24, 2.45) is 0 Å². The second-order valence-corrected chi connectivity index (χ2v) is 8.58. The highest BCUT2D eigenvalue weighted by Crippen LogP contribution is 2.27. The molecule has 0 spiro atoms. The predicted octanol–water partition coefficient (Wildman–Crippen LogP) is 5.48. The van der Waals surface area contributed by atoms with Gasteiger partial charge in [-0.3, -0.25) is 0 Å². The van der Waals surface area contributed by atoms with Crippen LogP contribution in [-0.4, -0.2) is 47.6 Å².